The van der Waals surface area contributed by atoms with Gasteiger partial charge in [-0.1, -0.05) is 0 Å². The molecule has 1 heterocycles. The molecule has 8 heteroatoms. The molecule has 7 nitrogen and oxygen atoms in total. The number of methoxy groups -OCH3 is 2. The molecule has 1 aromatic rings. The van der Waals surface area contributed by atoms with Crippen LogP contribution in [0.3, 0.4) is 0 Å². The molecule has 1 atom stereocenters. The highest BCUT2D eigenvalue weighted by Crippen LogP contribution is 2.23. The van der Waals surface area contributed by atoms with Gasteiger partial charge in [0, 0.05) is 5.69 Å². The van der Waals surface area contributed by atoms with Crippen molar-refractivity contribution in [2.45, 2.75) is 31.7 Å². The van der Waals surface area contributed by atoms with Gasteiger partial charge in [-0.25, -0.2) is 9.59 Å². The molecule has 1 amide bonds. The van der Waals surface area contributed by atoms with Crippen LogP contribution in [-0.2, 0) is 14.3 Å². The van der Waals surface area contributed by atoms with Crippen LogP contribution in [0, 0.1) is 0 Å². The van der Waals surface area contributed by atoms with Gasteiger partial charge in [-0.05, 0) is 50.9 Å². The van der Waals surface area contributed by atoms with Crippen molar-refractivity contribution in [3.63, 3.8) is 0 Å². The summed E-state index contributed by atoms with van der Waals surface area (Å²) in [6, 6.07) is 4.32. The fourth-order valence-electron chi connectivity index (χ4n) is 2.69. The van der Waals surface area contributed by atoms with Gasteiger partial charge in [0.2, 0.25) is 5.91 Å². The largest absolute Gasteiger partial charge is 0.465 e. The van der Waals surface area contributed by atoms with E-state index in [0.717, 1.165) is 25.8 Å². The van der Waals surface area contributed by atoms with Crippen molar-refractivity contribution in [2.75, 3.05) is 26.1 Å². The molecule has 2 rings (SSSR count). The van der Waals surface area contributed by atoms with E-state index in [-0.39, 0.29) is 29.4 Å². The Bertz CT molecular complexity index is 622. The molecule has 25 heavy (non-hydrogen) atoms. The lowest BCUT2D eigenvalue weighted by Crippen LogP contribution is -2.54. The molecule has 0 radical (unpaired) electrons. The van der Waals surface area contributed by atoms with Crippen molar-refractivity contribution in [2.24, 2.45) is 0 Å². The van der Waals surface area contributed by atoms with Crippen molar-refractivity contribution >= 4 is 35.9 Å². The molecule has 0 spiro atoms. The third-order valence-corrected chi connectivity index (χ3v) is 4.15. The van der Waals surface area contributed by atoms with E-state index < -0.39 is 17.5 Å². The number of esters is 2. The molecule has 1 fully saturated rings. The second kappa shape index (κ2) is 8.82. The molecule has 1 saturated heterocycles. The summed E-state index contributed by atoms with van der Waals surface area (Å²) >= 11 is 0. The second-order valence-corrected chi connectivity index (χ2v) is 5.95. The Morgan fingerprint density at radius 3 is 2.04 bits per heavy atom. The topological polar surface area (TPSA) is 93.7 Å². The number of carbonyl (C=O) groups is 3. The predicted molar refractivity (Wildman–Crippen MR) is 95.3 cm³/mol. The Morgan fingerprint density at radius 2 is 1.60 bits per heavy atom. The van der Waals surface area contributed by atoms with Crippen LogP contribution in [-0.4, -0.2) is 44.1 Å². The first-order chi connectivity index (χ1) is 11.4. The molecule has 0 saturated carbocycles. The van der Waals surface area contributed by atoms with Gasteiger partial charge in [0.05, 0.1) is 30.9 Å². The zero-order valence-corrected chi connectivity index (χ0v) is 15.3. The van der Waals surface area contributed by atoms with Crippen molar-refractivity contribution in [3.05, 3.63) is 29.3 Å². The highest BCUT2D eigenvalue weighted by molar-refractivity contribution is 6.01. The molecule has 0 aromatic heterocycles. The molecule has 2 N–H and O–H groups in total. The third kappa shape index (κ3) is 4.93. The Kier molecular flexibility index (Phi) is 7.38. The van der Waals surface area contributed by atoms with Crippen molar-refractivity contribution in [1.29, 1.82) is 0 Å². The number of ether oxygens (including phenoxy) is 2. The zero-order chi connectivity index (χ0) is 17.7. The first-order valence-electron chi connectivity index (χ1n) is 7.78. The maximum atomic E-state index is 12.6. The van der Waals surface area contributed by atoms with E-state index in [1.807, 2.05) is 6.92 Å². The minimum Gasteiger partial charge on any atom is -0.465 e. The van der Waals surface area contributed by atoms with E-state index in [4.69, 9.17) is 0 Å². The first-order valence-corrected chi connectivity index (χ1v) is 7.78. The molecular formula is C17H23ClN2O5. The lowest BCUT2D eigenvalue weighted by atomic mass is 9.90. The number of anilines is 1. The lowest BCUT2D eigenvalue weighted by molar-refractivity contribution is -0.122. The SMILES string of the molecule is COC(=O)c1cc(NC(=O)C2(C)CCCCN2)cc(C(=O)OC)c1.Cl. The molecule has 1 aromatic carbocycles. The molecule has 1 aliphatic rings. The monoisotopic (exact) mass is 370 g/mol. The van der Waals surface area contributed by atoms with Gasteiger partial charge in [0.15, 0.2) is 0 Å². The molecule has 0 bridgehead atoms. The van der Waals surface area contributed by atoms with Gasteiger partial charge in [-0.2, -0.15) is 0 Å². The minimum absolute atomic E-state index is 0. The first kappa shape index (κ1) is 20.9. The summed E-state index contributed by atoms with van der Waals surface area (Å²) in [5.41, 5.74) is -0.00267. The summed E-state index contributed by atoms with van der Waals surface area (Å²) in [6.45, 7) is 2.62. The van der Waals surface area contributed by atoms with E-state index in [9.17, 15) is 14.4 Å². The summed E-state index contributed by atoms with van der Waals surface area (Å²) in [5.74, 6) is -1.41. The highest BCUT2D eigenvalue weighted by atomic mass is 35.5. The van der Waals surface area contributed by atoms with Gasteiger partial charge >= 0.3 is 11.9 Å². The molecule has 1 aliphatic heterocycles. The van der Waals surface area contributed by atoms with E-state index in [0.29, 0.717) is 5.69 Å². The number of halogens is 1. The fraction of sp³-hybridized carbons (Fsp3) is 0.471. The van der Waals surface area contributed by atoms with Crippen molar-refractivity contribution in [1.82, 2.24) is 5.32 Å². The van der Waals surface area contributed by atoms with Gasteiger partial charge < -0.3 is 20.1 Å². The fourth-order valence-corrected chi connectivity index (χ4v) is 2.69. The van der Waals surface area contributed by atoms with Crippen LogP contribution in [0.5, 0.6) is 0 Å². The number of hydrogen-bond acceptors (Lipinski definition) is 6. The van der Waals surface area contributed by atoms with Crippen LogP contribution in [0.2, 0.25) is 0 Å². The number of benzene rings is 1. The maximum absolute atomic E-state index is 12.6. The van der Waals surface area contributed by atoms with Gasteiger partial charge in [-0.15, -0.1) is 12.4 Å². The number of nitrogens with one attached hydrogen (secondary N) is 2. The zero-order valence-electron chi connectivity index (χ0n) is 14.5. The van der Waals surface area contributed by atoms with E-state index in [2.05, 4.69) is 20.1 Å². The molecule has 138 valence electrons. The van der Waals surface area contributed by atoms with E-state index >= 15 is 0 Å². The van der Waals surface area contributed by atoms with Crippen molar-refractivity contribution < 1.29 is 23.9 Å². The van der Waals surface area contributed by atoms with Crippen LogP contribution in [0.15, 0.2) is 18.2 Å². The number of piperidine rings is 1. The Morgan fingerprint density at radius 1 is 1.04 bits per heavy atom. The molecular weight excluding hydrogens is 348 g/mol. The lowest BCUT2D eigenvalue weighted by Gasteiger charge is -2.33. The molecule has 1 unspecified atom stereocenters. The van der Waals surface area contributed by atoms with Crippen LogP contribution in [0.25, 0.3) is 0 Å². The van der Waals surface area contributed by atoms with Crippen LogP contribution in [0.4, 0.5) is 5.69 Å². The average molecular weight is 371 g/mol. The number of rotatable bonds is 4. The van der Waals surface area contributed by atoms with E-state index in [1.54, 1.807) is 0 Å². The minimum atomic E-state index is -0.676. The number of carbonyl (C=O) groups excluding carboxylic acids is 3. The standard InChI is InChI=1S/C17H22N2O5.ClH/c1-17(6-4-5-7-18-17)16(22)19-13-9-11(14(20)23-2)8-12(10-13)15(21)24-3;/h8-10,18H,4-7H2,1-3H3,(H,19,22);1H. The smallest absolute Gasteiger partial charge is 0.337 e. The van der Waals surface area contributed by atoms with Crippen molar-refractivity contribution in [3.8, 4) is 0 Å². The number of amides is 1. The maximum Gasteiger partial charge on any atom is 0.337 e. The van der Waals surface area contributed by atoms with Gasteiger partial charge in [0.25, 0.3) is 0 Å². The normalized spacial score (nSPS) is 19.3. The molecule has 0 aliphatic carbocycles. The van der Waals surface area contributed by atoms with Gasteiger partial charge in [-0.3, -0.25) is 4.79 Å². The summed E-state index contributed by atoms with van der Waals surface area (Å²) in [7, 11) is 2.50. The van der Waals surface area contributed by atoms with Crippen LogP contribution < -0.4 is 10.6 Å². The quantitative estimate of drug-likeness (QED) is 0.789. The summed E-state index contributed by atoms with van der Waals surface area (Å²) in [4.78, 5) is 36.1. The summed E-state index contributed by atoms with van der Waals surface area (Å²) in [5, 5.41) is 5.99. The number of hydrogen-bond donors (Lipinski definition) is 2. The summed E-state index contributed by atoms with van der Waals surface area (Å²) in [6.07, 6.45) is 2.72. The highest BCUT2D eigenvalue weighted by Gasteiger charge is 2.34. The Hall–Kier alpha value is -2.12. The van der Waals surface area contributed by atoms with Crippen LogP contribution >= 0.6 is 12.4 Å². The predicted octanol–water partition coefficient (Wildman–Crippen LogP) is 2.15. The van der Waals surface area contributed by atoms with Gasteiger partial charge in [0.1, 0.15) is 0 Å². The Labute approximate surface area is 152 Å². The Balaban J connectivity index is 0.00000312. The third-order valence-electron chi connectivity index (χ3n) is 4.15. The summed E-state index contributed by atoms with van der Waals surface area (Å²) < 4.78 is 9.37. The van der Waals surface area contributed by atoms with E-state index in [1.165, 1.54) is 32.4 Å². The average Bonchev–Trinajstić information content (AvgIpc) is 2.60. The van der Waals surface area contributed by atoms with Crippen LogP contribution in [0.1, 0.15) is 46.9 Å². The second-order valence-electron chi connectivity index (χ2n) is 5.95.